The third kappa shape index (κ3) is 2.43. The van der Waals surface area contributed by atoms with Gasteiger partial charge in [-0.1, -0.05) is 6.07 Å². The standard InChI is InChI=1S/C15H14N4O2/c1-10-8-16-6-5-11(10)9-17-14-13(15(20)21)19-7-3-2-4-12(19)18-14/h2-8,17H,9H2,1H3,(H,20,21). The van der Waals surface area contributed by atoms with Crippen LogP contribution < -0.4 is 5.32 Å². The van der Waals surface area contributed by atoms with Gasteiger partial charge >= 0.3 is 5.97 Å². The molecule has 0 unspecified atom stereocenters. The van der Waals surface area contributed by atoms with Crippen LogP contribution in [0.25, 0.3) is 5.65 Å². The summed E-state index contributed by atoms with van der Waals surface area (Å²) < 4.78 is 1.56. The third-order valence-electron chi connectivity index (χ3n) is 3.32. The number of nitrogens with one attached hydrogen (secondary N) is 1. The quantitative estimate of drug-likeness (QED) is 0.768. The number of fused-ring (bicyclic) bond motifs is 1. The lowest BCUT2D eigenvalue weighted by Crippen LogP contribution is -2.08. The van der Waals surface area contributed by atoms with Crippen molar-refractivity contribution in [3.63, 3.8) is 0 Å². The van der Waals surface area contributed by atoms with Gasteiger partial charge in [-0.2, -0.15) is 0 Å². The molecule has 3 aromatic rings. The lowest BCUT2D eigenvalue weighted by Gasteiger charge is -2.07. The zero-order valence-electron chi connectivity index (χ0n) is 11.4. The summed E-state index contributed by atoms with van der Waals surface area (Å²) in [5, 5.41) is 12.5. The maximum Gasteiger partial charge on any atom is 0.356 e. The molecule has 3 aromatic heterocycles. The maximum atomic E-state index is 11.5. The molecule has 0 radical (unpaired) electrons. The summed E-state index contributed by atoms with van der Waals surface area (Å²) in [6.45, 7) is 2.46. The highest BCUT2D eigenvalue weighted by Crippen LogP contribution is 2.19. The van der Waals surface area contributed by atoms with Crippen molar-refractivity contribution in [2.75, 3.05) is 5.32 Å². The number of carbonyl (C=O) groups is 1. The van der Waals surface area contributed by atoms with Crippen molar-refractivity contribution in [2.45, 2.75) is 13.5 Å². The molecule has 3 heterocycles. The molecule has 106 valence electrons. The average Bonchev–Trinajstić information content (AvgIpc) is 2.85. The highest BCUT2D eigenvalue weighted by atomic mass is 16.4. The summed E-state index contributed by atoms with van der Waals surface area (Å²) >= 11 is 0. The Balaban J connectivity index is 1.95. The van der Waals surface area contributed by atoms with E-state index in [2.05, 4.69) is 15.3 Å². The van der Waals surface area contributed by atoms with Crippen molar-refractivity contribution >= 4 is 17.4 Å². The normalized spacial score (nSPS) is 10.7. The number of imidazole rings is 1. The van der Waals surface area contributed by atoms with Crippen LogP contribution >= 0.6 is 0 Å². The molecule has 3 rings (SSSR count). The van der Waals surface area contributed by atoms with Gasteiger partial charge in [-0.05, 0) is 36.2 Å². The molecule has 0 aliphatic rings. The molecule has 0 atom stereocenters. The average molecular weight is 282 g/mol. The van der Waals surface area contributed by atoms with Crippen LogP contribution in [-0.4, -0.2) is 25.4 Å². The molecule has 21 heavy (non-hydrogen) atoms. The van der Waals surface area contributed by atoms with E-state index in [-0.39, 0.29) is 5.69 Å². The molecular formula is C15H14N4O2. The lowest BCUT2D eigenvalue weighted by atomic mass is 10.1. The molecule has 0 aliphatic heterocycles. The minimum absolute atomic E-state index is 0.136. The first kappa shape index (κ1) is 13.1. The summed E-state index contributed by atoms with van der Waals surface area (Å²) in [4.78, 5) is 19.8. The number of carboxylic acid groups (broad SMARTS) is 1. The van der Waals surface area contributed by atoms with E-state index in [0.717, 1.165) is 11.1 Å². The first-order valence-corrected chi connectivity index (χ1v) is 6.50. The van der Waals surface area contributed by atoms with Crippen LogP contribution in [0.2, 0.25) is 0 Å². The maximum absolute atomic E-state index is 11.5. The van der Waals surface area contributed by atoms with E-state index < -0.39 is 5.97 Å². The number of anilines is 1. The van der Waals surface area contributed by atoms with Crippen molar-refractivity contribution in [1.29, 1.82) is 0 Å². The van der Waals surface area contributed by atoms with E-state index in [1.54, 1.807) is 35.1 Å². The van der Waals surface area contributed by atoms with Crippen LogP contribution in [0.15, 0.2) is 42.9 Å². The lowest BCUT2D eigenvalue weighted by molar-refractivity contribution is 0.0690. The molecule has 0 amide bonds. The monoisotopic (exact) mass is 282 g/mol. The van der Waals surface area contributed by atoms with E-state index in [1.807, 2.05) is 19.1 Å². The Morgan fingerprint density at radius 1 is 1.38 bits per heavy atom. The number of aromatic nitrogens is 3. The number of rotatable bonds is 4. The number of aromatic carboxylic acids is 1. The van der Waals surface area contributed by atoms with Crippen molar-refractivity contribution < 1.29 is 9.90 Å². The van der Waals surface area contributed by atoms with E-state index in [0.29, 0.717) is 18.0 Å². The molecule has 0 aromatic carbocycles. The summed E-state index contributed by atoms with van der Waals surface area (Å²) in [5.74, 6) is -0.646. The zero-order valence-corrected chi connectivity index (χ0v) is 11.4. The molecule has 6 nitrogen and oxygen atoms in total. The van der Waals surface area contributed by atoms with E-state index in [1.165, 1.54) is 0 Å². The summed E-state index contributed by atoms with van der Waals surface area (Å²) in [6, 6.07) is 7.27. The molecule has 0 fully saturated rings. The Labute approximate surface area is 121 Å². The van der Waals surface area contributed by atoms with Crippen LogP contribution in [0, 0.1) is 6.92 Å². The second kappa shape index (κ2) is 5.24. The minimum atomic E-state index is -1.01. The molecule has 2 N–H and O–H groups in total. The Kier molecular flexibility index (Phi) is 3.27. The number of carboxylic acids is 1. The van der Waals surface area contributed by atoms with Crippen LogP contribution in [0.5, 0.6) is 0 Å². The number of nitrogens with zero attached hydrogens (tertiary/aromatic N) is 3. The van der Waals surface area contributed by atoms with Crippen LogP contribution in [0.4, 0.5) is 5.82 Å². The SMILES string of the molecule is Cc1cnccc1CNc1nc2ccccn2c1C(=O)O. The first-order valence-electron chi connectivity index (χ1n) is 6.50. The van der Waals surface area contributed by atoms with Crippen molar-refractivity contribution in [1.82, 2.24) is 14.4 Å². The Hall–Kier alpha value is -2.89. The zero-order chi connectivity index (χ0) is 14.8. The highest BCUT2D eigenvalue weighted by Gasteiger charge is 2.18. The Morgan fingerprint density at radius 3 is 3.00 bits per heavy atom. The predicted molar refractivity (Wildman–Crippen MR) is 78.5 cm³/mol. The van der Waals surface area contributed by atoms with Gasteiger partial charge < -0.3 is 10.4 Å². The van der Waals surface area contributed by atoms with Crippen molar-refractivity contribution in [3.05, 3.63) is 59.7 Å². The van der Waals surface area contributed by atoms with E-state index in [9.17, 15) is 9.90 Å². The van der Waals surface area contributed by atoms with Gasteiger partial charge in [0, 0.05) is 25.1 Å². The summed E-state index contributed by atoms with van der Waals surface area (Å²) in [5.41, 5.74) is 2.84. The largest absolute Gasteiger partial charge is 0.476 e. The molecular weight excluding hydrogens is 268 g/mol. The molecule has 0 saturated heterocycles. The molecule has 0 saturated carbocycles. The summed E-state index contributed by atoms with van der Waals surface area (Å²) in [7, 11) is 0. The highest BCUT2D eigenvalue weighted by molar-refractivity contribution is 5.92. The third-order valence-corrected chi connectivity index (χ3v) is 3.32. The number of pyridine rings is 2. The number of hydrogen-bond acceptors (Lipinski definition) is 4. The second-order valence-corrected chi connectivity index (χ2v) is 4.70. The molecule has 6 heteroatoms. The fourth-order valence-corrected chi connectivity index (χ4v) is 2.20. The van der Waals surface area contributed by atoms with Crippen molar-refractivity contribution in [3.8, 4) is 0 Å². The van der Waals surface area contributed by atoms with Gasteiger partial charge in [-0.25, -0.2) is 9.78 Å². The van der Waals surface area contributed by atoms with Gasteiger partial charge in [0.15, 0.2) is 11.5 Å². The Morgan fingerprint density at radius 2 is 2.24 bits per heavy atom. The second-order valence-electron chi connectivity index (χ2n) is 4.70. The summed E-state index contributed by atoms with van der Waals surface area (Å²) in [6.07, 6.45) is 5.18. The van der Waals surface area contributed by atoms with Crippen LogP contribution in [-0.2, 0) is 6.54 Å². The predicted octanol–water partition coefficient (Wildman–Crippen LogP) is 2.35. The van der Waals surface area contributed by atoms with E-state index >= 15 is 0 Å². The van der Waals surface area contributed by atoms with Gasteiger partial charge in [0.05, 0.1) is 0 Å². The molecule has 0 aliphatic carbocycles. The number of aryl methyl sites for hydroxylation is 1. The van der Waals surface area contributed by atoms with Crippen LogP contribution in [0.1, 0.15) is 21.6 Å². The Bertz CT molecular complexity index is 810. The van der Waals surface area contributed by atoms with Gasteiger partial charge in [-0.3, -0.25) is 9.38 Å². The van der Waals surface area contributed by atoms with Gasteiger partial charge in [0.25, 0.3) is 0 Å². The topological polar surface area (TPSA) is 79.5 Å². The number of hydrogen-bond donors (Lipinski definition) is 2. The first-order chi connectivity index (χ1) is 10.2. The molecule has 0 spiro atoms. The minimum Gasteiger partial charge on any atom is -0.476 e. The molecule has 0 bridgehead atoms. The van der Waals surface area contributed by atoms with E-state index in [4.69, 9.17) is 0 Å². The fraction of sp³-hybridized carbons (Fsp3) is 0.133. The van der Waals surface area contributed by atoms with Gasteiger partial charge in [0.2, 0.25) is 0 Å². The van der Waals surface area contributed by atoms with Crippen LogP contribution in [0.3, 0.4) is 0 Å². The fourth-order valence-electron chi connectivity index (χ4n) is 2.20. The smallest absolute Gasteiger partial charge is 0.356 e. The van der Waals surface area contributed by atoms with Gasteiger partial charge in [-0.15, -0.1) is 0 Å². The van der Waals surface area contributed by atoms with Crippen molar-refractivity contribution in [2.24, 2.45) is 0 Å². The van der Waals surface area contributed by atoms with Gasteiger partial charge in [0.1, 0.15) is 5.65 Å².